The molecule has 5 nitrogen and oxygen atoms in total. The highest BCUT2D eigenvalue weighted by atomic mass is 16.5. The molecule has 1 heterocycles. The summed E-state index contributed by atoms with van der Waals surface area (Å²) in [6.45, 7) is 4.16. The normalized spacial score (nSPS) is 18.1. The minimum atomic E-state index is -0.163. The molecule has 1 aliphatic rings. The van der Waals surface area contributed by atoms with Gasteiger partial charge in [0.15, 0.2) is 0 Å². The Bertz CT molecular complexity index is 248. The first-order valence-corrected chi connectivity index (χ1v) is 5.68. The lowest BCUT2D eigenvalue weighted by molar-refractivity contribution is -0.141. The van der Waals surface area contributed by atoms with Crippen molar-refractivity contribution < 1.29 is 14.3 Å². The van der Waals surface area contributed by atoms with Crippen molar-refractivity contribution in [2.45, 2.75) is 32.2 Å². The molecule has 0 aliphatic carbocycles. The fourth-order valence-corrected chi connectivity index (χ4v) is 1.94. The van der Waals surface area contributed by atoms with Gasteiger partial charge < -0.3 is 15.0 Å². The Labute approximate surface area is 96.1 Å². The number of piperidine rings is 1. The lowest BCUT2D eigenvalue weighted by atomic mass is 10.0. The first kappa shape index (κ1) is 13.0. The van der Waals surface area contributed by atoms with E-state index in [1.807, 2.05) is 0 Å². The van der Waals surface area contributed by atoms with E-state index in [0.717, 1.165) is 32.5 Å². The van der Waals surface area contributed by atoms with Crippen molar-refractivity contribution in [2.24, 2.45) is 0 Å². The van der Waals surface area contributed by atoms with Gasteiger partial charge in [-0.15, -0.1) is 0 Å². The van der Waals surface area contributed by atoms with E-state index in [9.17, 15) is 9.59 Å². The van der Waals surface area contributed by atoms with Gasteiger partial charge in [-0.25, -0.2) is 0 Å². The fraction of sp³-hybridized carbons (Fsp3) is 0.818. The third kappa shape index (κ3) is 4.61. The quantitative estimate of drug-likeness (QED) is 0.696. The number of amides is 1. The van der Waals surface area contributed by atoms with Crippen LogP contribution in [0.25, 0.3) is 0 Å². The molecule has 1 fully saturated rings. The van der Waals surface area contributed by atoms with Gasteiger partial charge in [0, 0.05) is 32.6 Å². The molecular formula is C11H20N2O3. The van der Waals surface area contributed by atoms with Crippen LogP contribution in [0.1, 0.15) is 26.2 Å². The Kier molecular flexibility index (Phi) is 5.25. The number of methoxy groups -OCH3 is 1. The van der Waals surface area contributed by atoms with Gasteiger partial charge >= 0.3 is 5.97 Å². The van der Waals surface area contributed by atoms with Crippen molar-refractivity contribution in [1.29, 1.82) is 0 Å². The summed E-state index contributed by atoms with van der Waals surface area (Å²) in [6.07, 6.45) is 2.36. The van der Waals surface area contributed by atoms with Crippen molar-refractivity contribution in [3.63, 3.8) is 0 Å². The van der Waals surface area contributed by atoms with Gasteiger partial charge in [-0.2, -0.15) is 0 Å². The average molecular weight is 228 g/mol. The van der Waals surface area contributed by atoms with E-state index in [-0.39, 0.29) is 11.9 Å². The average Bonchev–Trinajstić information content (AvgIpc) is 2.27. The molecule has 1 amide bonds. The molecule has 16 heavy (non-hydrogen) atoms. The van der Waals surface area contributed by atoms with Gasteiger partial charge in [0.1, 0.15) is 0 Å². The number of likely N-dealkylation sites (tertiary alicyclic amines) is 1. The maximum atomic E-state index is 11.0. The molecule has 0 saturated carbocycles. The highest BCUT2D eigenvalue weighted by Gasteiger charge is 2.19. The topological polar surface area (TPSA) is 58.6 Å². The molecule has 5 heteroatoms. The molecule has 1 saturated heterocycles. The number of carbonyl (C=O) groups excluding carboxylic acids is 2. The predicted octanol–water partition coefficient (Wildman–Crippen LogP) is 0.150. The lowest BCUT2D eigenvalue weighted by Crippen LogP contribution is -2.44. The van der Waals surface area contributed by atoms with Gasteiger partial charge in [-0.05, 0) is 12.8 Å². The van der Waals surface area contributed by atoms with E-state index in [1.165, 1.54) is 7.11 Å². The molecule has 92 valence electrons. The van der Waals surface area contributed by atoms with Crippen molar-refractivity contribution >= 4 is 11.9 Å². The number of nitrogens with one attached hydrogen (secondary N) is 1. The summed E-state index contributed by atoms with van der Waals surface area (Å²) in [7, 11) is 1.41. The number of rotatable bonds is 4. The molecule has 0 aromatic rings. The second-order valence-corrected chi connectivity index (χ2v) is 4.14. The SMILES string of the molecule is COC(=O)CCN1CCC(NC(C)=O)CC1. The summed E-state index contributed by atoms with van der Waals surface area (Å²) in [4.78, 5) is 24.1. The summed E-state index contributed by atoms with van der Waals surface area (Å²) >= 11 is 0. The molecule has 0 spiro atoms. The Hall–Kier alpha value is -1.10. The molecule has 0 bridgehead atoms. The zero-order chi connectivity index (χ0) is 12.0. The summed E-state index contributed by atoms with van der Waals surface area (Å²) in [5.41, 5.74) is 0. The second-order valence-electron chi connectivity index (χ2n) is 4.14. The van der Waals surface area contributed by atoms with E-state index in [2.05, 4.69) is 15.0 Å². The number of carbonyl (C=O) groups is 2. The van der Waals surface area contributed by atoms with Crippen LogP contribution >= 0.6 is 0 Å². The van der Waals surface area contributed by atoms with Crippen molar-refractivity contribution in [3.05, 3.63) is 0 Å². The summed E-state index contributed by atoms with van der Waals surface area (Å²) in [5.74, 6) is -0.128. The van der Waals surface area contributed by atoms with Crippen molar-refractivity contribution in [3.8, 4) is 0 Å². The highest BCUT2D eigenvalue weighted by molar-refractivity contribution is 5.73. The molecule has 0 unspecified atom stereocenters. The first-order chi connectivity index (χ1) is 7.61. The van der Waals surface area contributed by atoms with Gasteiger partial charge in [-0.1, -0.05) is 0 Å². The van der Waals surface area contributed by atoms with E-state index >= 15 is 0 Å². The third-order valence-electron chi connectivity index (χ3n) is 2.85. The largest absolute Gasteiger partial charge is 0.469 e. The standard InChI is InChI=1S/C11H20N2O3/c1-9(14)12-10-3-6-13(7-4-10)8-5-11(15)16-2/h10H,3-8H2,1-2H3,(H,12,14). The Balaban J connectivity index is 2.16. The van der Waals surface area contributed by atoms with Crippen LogP contribution in [-0.2, 0) is 14.3 Å². The van der Waals surface area contributed by atoms with E-state index in [4.69, 9.17) is 0 Å². The van der Waals surface area contributed by atoms with Crippen molar-refractivity contribution in [2.75, 3.05) is 26.7 Å². The van der Waals surface area contributed by atoms with Gasteiger partial charge in [0.2, 0.25) is 5.91 Å². The summed E-state index contributed by atoms with van der Waals surface area (Å²) in [5, 5.41) is 2.92. The Morgan fingerprint density at radius 3 is 2.50 bits per heavy atom. The van der Waals surface area contributed by atoms with Crippen LogP contribution in [0.4, 0.5) is 0 Å². The predicted molar refractivity (Wildman–Crippen MR) is 59.9 cm³/mol. The lowest BCUT2D eigenvalue weighted by Gasteiger charge is -2.31. The molecule has 0 atom stereocenters. The first-order valence-electron chi connectivity index (χ1n) is 5.68. The van der Waals surface area contributed by atoms with E-state index < -0.39 is 0 Å². The molecule has 1 rings (SSSR count). The number of hydrogen-bond acceptors (Lipinski definition) is 4. The number of ether oxygens (including phenoxy) is 1. The van der Waals surface area contributed by atoms with Crippen LogP contribution in [-0.4, -0.2) is 49.6 Å². The van der Waals surface area contributed by atoms with Crippen LogP contribution in [0.15, 0.2) is 0 Å². The van der Waals surface area contributed by atoms with Crippen LogP contribution < -0.4 is 5.32 Å². The van der Waals surface area contributed by atoms with Crippen LogP contribution in [0.2, 0.25) is 0 Å². The van der Waals surface area contributed by atoms with E-state index in [1.54, 1.807) is 6.92 Å². The molecule has 0 aromatic carbocycles. The number of nitrogens with zero attached hydrogens (tertiary/aromatic N) is 1. The maximum absolute atomic E-state index is 11.0. The van der Waals surface area contributed by atoms with Gasteiger partial charge in [-0.3, -0.25) is 9.59 Å². The molecule has 0 aromatic heterocycles. The molecule has 1 aliphatic heterocycles. The zero-order valence-corrected chi connectivity index (χ0v) is 9.99. The van der Waals surface area contributed by atoms with Crippen LogP contribution in [0.3, 0.4) is 0 Å². The summed E-state index contributed by atoms with van der Waals surface area (Å²) < 4.78 is 4.59. The second kappa shape index (κ2) is 6.48. The third-order valence-corrected chi connectivity index (χ3v) is 2.85. The molecule has 0 radical (unpaired) electrons. The number of hydrogen-bond donors (Lipinski definition) is 1. The molecule has 1 N–H and O–H groups in total. The fourth-order valence-electron chi connectivity index (χ4n) is 1.94. The van der Waals surface area contributed by atoms with Crippen LogP contribution in [0, 0.1) is 0 Å². The minimum Gasteiger partial charge on any atom is -0.469 e. The van der Waals surface area contributed by atoms with Crippen LogP contribution in [0.5, 0.6) is 0 Å². The minimum absolute atomic E-state index is 0.0352. The van der Waals surface area contributed by atoms with E-state index in [0.29, 0.717) is 12.5 Å². The Morgan fingerprint density at radius 2 is 2.00 bits per heavy atom. The number of esters is 1. The zero-order valence-electron chi connectivity index (χ0n) is 9.99. The monoisotopic (exact) mass is 228 g/mol. The highest BCUT2D eigenvalue weighted by Crippen LogP contribution is 2.10. The van der Waals surface area contributed by atoms with Crippen molar-refractivity contribution in [1.82, 2.24) is 10.2 Å². The summed E-state index contributed by atoms with van der Waals surface area (Å²) in [6, 6.07) is 0.298. The molecular weight excluding hydrogens is 208 g/mol. The Morgan fingerprint density at radius 1 is 1.38 bits per heavy atom. The maximum Gasteiger partial charge on any atom is 0.306 e. The van der Waals surface area contributed by atoms with Gasteiger partial charge in [0.05, 0.1) is 13.5 Å². The smallest absolute Gasteiger partial charge is 0.306 e. The van der Waals surface area contributed by atoms with Gasteiger partial charge in [0.25, 0.3) is 0 Å².